The lowest BCUT2D eigenvalue weighted by molar-refractivity contribution is 0.514. The number of nitrogens with two attached hydrogens (primary N) is 1. The highest BCUT2D eigenvalue weighted by molar-refractivity contribution is 6.34. The highest BCUT2D eigenvalue weighted by atomic mass is 35.5. The number of hydrogen-bond acceptors (Lipinski definition) is 1. The summed E-state index contributed by atoms with van der Waals surface area (Å²) in [6, 6.07) is 5.42. The van der Waals surface area contributed by atoms with Crippen LogP contribution in [-0.2, 0) is 0 Å². The predicted octanol–water partition coefficient (Wildman–Crippen LogP) is 3.65. The normalized spacial score (nSPS) is 13.4. The summed E-state index contributed by atoms with van der Waals surface area (Å²) in [6.45, 7) is 4.14. The molecule has 1 rings (SSSR count). The fraction of sp³-hybridized carbons (Fsp3) is 0.400. The molecule has 0 unspecified atom stereocenters. The van der Waals surface area contributed by atoms with Crippen molar-refractivity contribution in [1.82, 2.24) is 0 Å². The molecule has 0 saturated carbocycles. The topological polar surface area (TPSA) is 26.0 Å². The second-order valence-electron chi connectivity index (χ2n) is 3.47. The second-order valence-corrected chi connectivity index (χ2v) is 4.35. The summed E-state index contributed by atoms with van der Waals surface area (Å²) in [6.07, 6.45) is 0. The van der Waals surface area contributed by atoms with E-state index in [0.29, 0.717) is 16.0 Å². The third-order valence-electron chi connectivity index (χ3n) is 1.99. The first-order valence-corrected chi connectivity index (χ1v) is 4.98. The molecular weight excluding hydrogens is 205 g/mol. The van der Waals surface area contributed by atoms with E-state index in [0.717, 1.165) is 5.56 Å². The van der Waals surface area contributed by atoms with Crippen LogP contribution < -0.4 is 5.73 Å². The van der Waals surface area contributed by atoms with Gasteiger partial charge in [0.1, 0.15) is 0 Å². The lowest BCUT2D eigenvalue weighted by atomic mass is 9.97. The van der Waals surface area contributed by atoms with Crippen molar-refractivity contribution in [3.8, 4) is 0 Å². The maximum absolute atomic E-state index is 5.96. The molecule has 1 aromatic carbocycles. The van der Waals surface area contributed by atoms with E-state index in [4.69, 9.17) is 28.9 Å². The van der Waals surface area contributed by atoms with Gasteiger partial charge in [0.05, 0.1) is 0 Å². The van der Waals surface area contributed by atoms with E-state index in [-0.39, 0.29) is 6.04 Å². The molecule has 72 valence electrons. The van der Waals surface area contributed by atoms with Gasteiger partial charge in [-0.25, -0.2) is 0 Å². The van der Waals surface area contributed by atoms with Gasteiger partial charge in [-0.15, -0.1) is 0 Å². The molecule has 0 spiro atoms. The third kappa shape index (κ3) is 2.87. The Kier molecular flexibility index (Phi) is 3.60. The fourth-order valence-corrected chi connectivity index (χ4v) is 1.70. The van der Waals surface area contributed by atoms with Crippen LogP contribution in [0.25, 0.3) is 0 Å². The van der Waals surface area contributed by atoms with Gasteiger partial charge in [-0.1, -0.05) is 37.0 Å². The van der Waals surface area contributed by atoms with Gasteiger partial charge in [-0.2, -0.15) is 0 Å². The quantitative estimate of drug-likeness (QED) is 0.805. The molecule has 0 aliphatic carbocycles. The Balaban J connectivity index is 3.01. The summed E-state index contributed by atoms with van der Waals surface area (Å²) in [5, 5.41) is 1.28. The van der Waals surface area contributed by atoms with E-state index in [2.05, 4.69) is 13.8 Å². The summed E-state index contributed by atoms with van der Waals surface area (Å²) in [5.41, 5.74) is 6.95. The summed E-state index contributed by atoms with van der Waals surface area (Å²) >= 11 is 11.7. The molecule has 0 aromatic heterocycles. The second kappa shape index (κ2) is 4.32. The zero-order valence-corrected chi connectivity index (χ0v) is 9.23. The molecule has 0 bridgehead atoms. The molecule has 0 saturated heterocycles. The van der Waals surface area contributed by atoms with Crippen LogP contribution in [0, 0.1) is 5.92 Å². The zero-order chi connectivity index (χ0) is 10.0. The molecule has 0 aliphatic rings. The third-order valence-corrected chi connectivity index (χ3v) is 2.42. The summed E-state index contributed by atoms with van der Waals surface area (Å²) in [4.78, 5) is 0. The molecule has 3 heteroatoms. The van der Waals surface area contributed by atoms with Crippen LogP contribution in [0.4, 0.5) is 0 Å². The average Bonchev–Trinajstić information content (AvgIpc) is 2.01. The molecule has 0 aliphatic heterocycles. The maximum Gasteiger partial charge on any atom is 0.0424 e. The van der Waals surface area contributed by atoms with Gasteiger partial charge in [0, 0.05) is 16.1 Å². The molecule has 0 amide bonds. The Bertz CT molecular complexity index is 277. The smallest absolute Gasteiger partial charge is 0.0424 e. The molecule has 0 fully saturated rings. The largest absolute Gasteiger partial charge is 0.324 e. The summed E-state index contributed by atoms with van der Waals surface area (Å²) in [5.74, 6) is 0.384. The average molecular weight is 218 g/mol. The van der Waals surface area contributed by atoms with Gasteiger partial charge in [-0.3, -0.25) is 0 Å². The van der Waals surface area contributed by atoms with Crippen molar-refractivity contribution in [1.29, 1.82) is 0 Å². The monoisotopic (exact) mass is 217 g/mol. The number of halogens is 2. The zero-order valence-electron chi connectivity index (χ0n) is 7.72. The van der Waals surface area contributed by atoms with Crippen molar-refractivity contribution in [3.63, 3.8) is 0 Å². The van der Waals surface area contributed by atoms with Crippen LogP contribution in [0.15, 0.2) is 18.2 Å². The van der Waals surface area contributed by atoms with Gasteiger partial charge in [0.15, 0.2) is 0 Å². The van der Waals surface area contributed by atoms with Crippen molar-refractivity contribution >= 4 is 23.2 Å². The highest BCUT2D eigenvalue weighted by Crippen LogP contribution is 2.25. The SMILES string of the molecule is CC(C)[C@@H](N)c1cc(Cl)cc(Cl)c1. The van der Waals surface area contributed by atoms with E-state index in [9.17, 15) is 0 Å². The standard InChI is InChI=1S/C10H13Cl2N/c1-6(2)10(13)7-3-8(11)5-9(12)4-7/h3-6,10H,13H2,1-2H3/t10-/m1/s1. The van der Waals surface area contributed by atoms with Crippen molar-refractivity contribution in [3.05, 3.63) is 33.8 Å². The van der Waals surface area contributed by atoms with E-state index in [1.54, 1.807) is 6.07 Å². The first-order chi connectivity index (χ1) is 6.00. The summed E-state index contributed by atoms with van der Waals surface area (Å²) in [7, 11) is 0. The Hall–Kier alpha value is -0.240. The predicted molar refractivity (Wildman–Crippen MR) is 58.2 cm³/mol. The fourth-order valence-electron chi connectivity index (χ4n) is 1.15. The lowest BCUT2D eigenvalue weighted by Crippen LogP contribution is -2.16. The number of benzene rings is 1. The van der Waals surface area contributed by atoms with Gasteiger partial charge < -0.3 is 5.73 Å². The van der Waals surface area contributed by atoms with E-state index < -0.39 is 0 Å². The highest BCUT2D eigenvalue weighted by Gasteiger charge is 2.11. The molecule has 13 heavy (non-hydrogen) atoms. The molecule has 1 nitrogen and oxygen atoms in total. The van der Waals surface area contributed by atoms with Gasteiger partial charge in [0.25, 0.3) is 0 Å². The van der Waals surface area contributed by atoms with Gasteiger partial charge in [-0.05, 0) is 29.7 Å². The van der Waals surface area contributed by atoms with Gasteiger partial charge >= 0.3 is 0 Å². The van der Waals surface area contributed by atoms with Crippen molar-refractivity contribution in [2.45, 2.75) is 19.9 Å². The first kappa shape index (κ1) is 10.8. The van der Waals surface area contributed by atoms with Crippen molar-refractivity contribution < 1.29 is 0 Å². The van der Waals surface area contributed by atoms with Crippen LogP contribution in [0.2, 0.25) is 10.0 Å². The summed E-state index contributed by atoms with van der Waals surface area (Å²) < 4.78 is 0. The Morgan fingerprint density at radius 1 is 1.08 bits per heavy atom. The van der Waals surface area contributed by atoms with Crippen molar-refractivity contribution in [2.24, 2.45) is 11.7 Å². The van der Waals surface area contributed by atoms with Crippen LogP contribution in [-0.4, -0.2) is 0 Å². The number of hydrogen-bond donors (Lipinski definition) is 1. The molecule has 1 aromatic rings. The molecule has 1 atom stereocenters. The molecule has 0 radical (unpaired) electrons. The number of rotatable bonds is 2. The Morgan fingerprint density at radius 2 is 1.54 bits per heavy atom. The van der Waals surface area contributed by atoms with Crippen LogP contribution in [0.1, 0.15) is 25.5 Å². The molecule has 0 heterocycles. The van der Waals surface area contributed by atoms with E-state index in [1.165, 1.54) is 0 Å². The van der Waals surface area contributed by atoms with Crippen LogP contribution in [0.5, 0.6) is 0 Å². The van der Waals surface area contributed by atoms with Crippen LogP contribution >= 0.6 is 23.2 Å². The maximum atomic E-state index is 5.96. The van der Waals surface area contributed by atoms with E-state index >= 15 is 0 Å². The molecular formula is C10H13Cl2N. The van der Waals surface area contributed by atoms with Crippen molar-refractivity contribution in [2.75, 3.05) is 0 Å². The van der Waals surface area contributed by atoms with E-state index in [1.807, 2.05) is 12.1 Å². The lowest BCUT2D eigenvalue weighted by Gasteiger charge is -2.16. The first-order valence-electron chi connectivity index (χ1n) is 4.22. The van der Waals surface area contributed by atoms with Gasteiger partial charge in [0.2, 0.25) is 0 Å². The molecule has 2 N–H and O–H groups in total. The minimum Gasteiger partial charge on any atom is -0.324 e. The Labute approximate surface area is 88.8 Å². The van der Waals surface area contributed by atoms with Crippen LogP contribution in [0.3, 0.4) is 0 Å². The Morgan fingerprint density at radius 3 is 1.92 bits per heavy atom. The minimum atomic E-state index is -0.00352. The minimum absolute atomic E-state index is 0.00352.